The normalized spacial score (nSPS) is 37.7. The van der Waals surface area contributed by atoms with Crippen molar-refractivity contribution >= 4 is 37.8 Å². The van der Waals surface area contributed by atoms with Crippen LogP contribution in [0.15, 0.2) is 12.5 Å². The average Bonchev–Trinajstić information content (AvgIpc) is 3.49. The van der Waals surface area contributed by atoms with Gasteiger partial charge < -0.3 is 64.9 Å². The van der Waals surface area contributed by atoms with Gasteiger partial charge in [0.1, 0.15) is 54.7 Å². The SMILES string of the molecule is C#C[C@]1(OC)[C@H](c2cnc3c(N)ncnn23)O[C@](C)(COP(O)(=S)OP(=O)(O)OC2OC([C@@H](O)CO)C(O)C(O)C2O)[C@H]1O. The number of phosphoric ester groups is 1. The number of imidazole rings is 1. The van der Waals surface area contributed by atoms with Gasteiger partial charge in [0, 0.05) is 7.11 Å². The lowest BCUT2D eigenvalue weighted by Crippen LogP contribution is -2.61. The average molecular weight is 688 g/mol. The Morgan fingerprint density at radius 1 is 1.25 bits per heavy atom. The van der Waals surface area contributed by atoms with Crippen molar-refractivity contribution in [3.8, 4) is 12.3 Å². The van der Waals surface area contributed by atoms with Crippen LogP contribution >= 0.6 is 14.5 Å². The minimum atomic E-state index is -5.50. The number of nitrogens with zero attached hydrogens (tertiary/aromatic N) is 4. The van der Waals surface area contributed by atoms with Crippen molar-refractivity contribution in [3.05, 3.63) is 18.2 Å². The van der Waals surface area contributed by atoms with Gasteiger partial charge in [-0.3, -0.25) is 4.52 Å². The van der Waals surface area contributed by atoms with E-state index in [9.17, 15) is 39.9 Å². The van der Waals surface area contributed by atoms with E-state index in [1.54, 1.807) is 0 Å². The van der Waals surface area contributed by atoms with Crippen molar-refractivity contribution in [2.24, 2.45) is 0 Å². The second-order valence-electron chi connectivity index (χ2n) is 10.0. The molecule has 4 rings (SSSR count). The smallest absolute Gasteiger partial charge is 0.394 e. The van der Waals surface area contributed by atoms with Gasteiger partial charge in [0.05, 0.1) is 25.1 Å². The van der Waals surface area contributed by atoms with Gasteiger partial charge in [0.25, 0.3) is 0 Å². The number of aromatic nitrogens is 4. The summed E-state index contributed by atoms with van der Waals surface area (Å²) in [5.41, 5.74) is 2.46. The van der Waals surface area contributed by atoms with Crippen LogP contribution < -0.4 is 5.73 Å². The van der Waals surface area contributed by atoms with Crippen molar-refractivity contribution in [2.75, 3.05) is 26.1 Å². The molecule has 2 aromatic heterocycles. The fourth-order valence-electron chi connectivity index (χ4n) is 4.77. The van der Waals surface area contributed by atoms with Crippen LogP contribution in [0.25, 0.3) is 5.65 Å². The number of terminal acetylenes is 1. The molecule has 246 valence electrons. The van der Waals surface area contributed by atoms with Gasteiger partial charge in [-0.05, 0) is 18.7 Å². The maximum Gasteiger partial charge on any atom is 0.481 e. The highest BCUT2D eigenvalue weighted by Gasteiger charge is 2.64. The Bertz CT molecular complexity index is 1500. The van der Waals surface area contributed by atoms with E-state index in [0.717, 1.165) is 6.33 Å². The van der Waals surface area contributed by atoms with E-state index < -0.39 is 88.0 Å². The Morgan fingerprint density at radius 2 is 1.93 bits per heavy atom. The predicted octanol–water partition coefficient (Wildman–Crippen LogP) is -3.56. The third-order valence-corrected chi connectivity index (χ3v) is 10.6. The first-order chi connectivity index (χ1) is 20.5. The van der Waals surface area contributed by atoms with Crippen LogP contribution in [0.1, 0.15) is 18.7 Å². The van der Waals surface area contributed by atoms with Gasteiger partial charge in [0.2, 0.25) is 0 Å². The molecular formula is C21H31N5O15P2S. The molecule has 44 heavy (non-hydrogen) atoms. The number of ether oxygens (including phenoxy) is 3. The van der Waals surface area contributed by atoms with Crippen molar-refractivity contribution in [1.29, 1.82) is 0 Å². The highest BCUT2D eigenvalue weighted by Crippen LogP contribution is 2.62. The van der Waals surface area contributed by atoms with Gasteiger partial charge in [-0.15, -0.1) is 6.42 Å². The third-order valence-electron chi connectivity index (χ3n) is 7.08. The van der Waals surface area contributed by atoms with Crippen LogP contribution in [0.2, 0.25) is 0 Å². The van der Waals surface area contributed by atoms with Gasteiger partial charge in [0.15, 0.2) is 23.4 Å². The van der Waals surface area contributed by atoms with Crippen molar-refractivity contribution in [3.63, 3.8) is 0 Å². The topological polar surface area (TPSA) is 303 Å². The Kier molecular flexibility index (Phi) is 10.2. The largest absolute Gasteiger partial charge is 0.481 e. The summed E-state index contributed by atoms with van der Waals surface area (Å²) in [7, 11) is -4.29. The molecule has 20 nitrogen and oxygen atoms in total. The van der Waals surface area contributed by atoms with Crippen LogP contribution in [0.5, 0.6) is 0 Å². The van der Waals surface area contributed by atoms with Crippen LogP contribution in [0, 0.1) is 12.3 Å². The number of aliphatic hydroxyl groups excluding tert-OH is 6. The summed E-state index contributed by atoms with van der Waals surface area (Å²) in [6.07, 6.45) is -6.65. The quantitative estimate of drug-likeness (QED) is 0.0815. The molecule has 2 aliphatic rings. The lowest BCUT2D eigenvalue weighted by Gasteiger charge is -2.41. The summed E-state index contributed by atoms with van der Waals surface area (Å²) in [4.78, 5) is 28.8. The molecule has 0 bridgehead atoms. The predicted molar refractivity (Wildman–Crippen MR) is 146 cm³/mol. The summed E-state index contributed by atoms with van der Waals surface area (Å²) in [5.74, 6) is 2.40. The number of hydrogen-bond acceptors (Lipinski definition) is 18. The molecule has 23 heteroatoms. The molecule has 4 heterocycles. The first-order valence-corrected chi connectivity index (χ1v) is 16.6. The molecule has 0 aliphatic carbocycles. The first-order valence-electron chi connectivity index (χ1n) is 12.5. The molecular weight excluding hydrogens is 656 g/mol. The molecule has 0 saturated carbocycles. The van der Waals surface area contributed by atoms with Crippen molar-refractivity contribution in [2.45, 2.75) is 67.1 Å². The number of nitrogens with two attached hydrogens (primary N) is 1. The Hall–Kier alpha value is -1.77. The summed E-state index contributed by atoms with van der Waals surface area (Å²) < 4.78 is 45.1. The maximum atomic E-state index is 12.7. The highest BCUT2D eigenvalue weighted by atomic mass is 32.5. The summed E-state index contributed by atoms with van der Waals surface area (Å²) in [6.45, 7) is -5.21. The molecule has 10 N–H and O–H groups in total. The fraction of sp³-hybridized carbons (Fsp3) is 0.667. The van der Waals surface area contributed by atoms with E-state index in [1.165, 1.54) is 24.7 Å². The summed E-state index contributed by atoms with van der Waals surface area (Å²) >= 11 is 4.83. The molecule has 0 radical (unpaired) electrons. The monoisotopic (exact) mass is 687 g/mol. The number of aliphatic hydroxyl groups is 6. The standard InChI is InChI=1S/C21H31N5O15P2S/c1-4-21(36-3)15(9-5-23-17-16(22)24-8-25-26(9)17)39-20(2,19(21)32)7-37-43(35,44)41-42(33,34)40-18-13(31)11(29)12(30)14(38-18)10(28)6-27/h1,5,8,10-15,18-19,27-32H,6-7H2,2-3H3,(H,33,34)(H,35,44)(H2,22,24,25)/t10-,11?,12?,13?,14?,15-,18?,19+,20+,21-,43?/m0/s1. The molecule has 7 unspecified atom stereocenters. The Labute approximate surface area is 253 Å². The third kappa shape index (κ3) is 6.42. The zero-order chi connectivity index (χ0) is 32.8. The number of nitrogen functional groups attached to an aromatic ring is 1. The van der Waals surface area contributed by atoms with Gasteiger partial charge in [-0.1, -0.05) is 5.92 Å². The van der Waals surface area contributed by atoms with Crippen molar-refractivity contribution < 1.29 is 72.6 Å². The lowest BCUT2D eigenvalue weighted by atomic mass is 9.85. The molecule has 2 saturated heterocycles. The Balaban J connectivity index is 1.50. The molecule has 2 fully saturated rings. The van der Waals surface area contributed by atoms with E-state index in [0.29, 0.717) is 0 Å². The van der Waals surface area contributed by atoms with E-state index in [-0.39, 0.29) is 17.2 Å². The lowest BCUT2D eigenvalue weighted by molar-refractivity contribution is -0.292. The van der Waals surface area contributed by atoms with Gasteiger partial charge in [-0.2, -0.15) is 5.10 Å². The van der Waals surface area contributed by atoms with E-state index in [1.807, 2.05) is 0 Å². The second-order valence-corrected chi connectivity index (χ2v) is 14.4. The molecule has 0 amide bonds. The van der Waals surface area contributed by atoms with Gasteiger partial charge in [-0.25, -0.2) is 23.4 Å². The van der Waals surface area contributed by atoms with E-state index in [4.69, 9.17) is 47.8 Å². The summed E-state index contributed by atoms with van der Waals surface area (Å²) in [5, 5.41) is 64.5. The minimum Gasteiger partial charge on any atom is -0.394 e. The summed E-state index contributed by atoms with van der Waals surface area (Å²) in [6, 6.07) is 0. The molecule has 2 aromatic rings. The van der Waals surface area contributed by atoms with Crippen LogP contribution in [-0.2, 0) is 43.9 Å². The van der Waals surface area contributed by atoms with Crippen LogP contribution in [-0.4, -0.2) is 134 Å². The zero-order valence-electron chi connectivity index (χ0n) is 22.9. The van der Waals surface area contributed by atoms with E-state index >= 15 is 0 Å². The minimum absolute atomic E-state index is 0.0327. The molecule has 2 aliphatic heterocycles. The first kappa shape index (κ1) is 35.1. The molecule has 0 spiro atoms. The molecule has 12 atom stereocenters. The Morgan fingerprint density at radius 3 is 2.55 bits per heavy atom. The number of fused-ring (bicyclic) bond motifs is 1. The van der Waals surface area contributed by atoms with Crippen LogP contribution in [0.3, 0.4) is 0 Å². The number of phosphoric acid groups is 1. The number of methoxy groups -OCH3 is 1. The maximum absolute atomic E-state index is 12.7. The zero-order valence-corrected chi connectivity index (χ0v) is 25.5. The molecule has 0 aromatic carbocycles. The number of anilines is 1. The van der Waals surface area contributed by atoms with E-state index in [2.05, 4.69) is 29.8 Å². The number of hydrogen-bond donors (Lipinski definition) is 9. The van der Waals surface area contributed by atoms with Crippen molar-refractivity contribution in [1.82, 2.24) is 19.6 Å². The highest BCUT2D eigenvalue weighted by molar-refractivity contribution is 8.08. The van der Waals surface area contributed by atoms with Gasteiger partial charge >= 0.3 is 14.5 Å². The second kappa shape index (κ2) is 12.8. The number of rotatable bonds is 11. The fourth-order valence-corrected chi connectivity index (χ4v) is 7.93. The van der Waals surface area contributed by atoms with Crippen LogP contribution in [0.4, 0.5) is 5.82 Å².